The Balaban J connectivity index is 1.03. The monoisotopic (exact) mass is 1270 g/mol. The zero-order valence-corrected chi connectivity index (χ0v) is 52.6. The molecule has 0 spiro atoms. The maximum Gasteiger partial charge on any atom is 0.335 e. The number of rotatable bonds is 16. The Labute approximate surface area is 517 Å². The van der Waals surface area contributed by atoms with Crippen LogP contribution in [0, 0.1) is 50.2 Å². The second-order valence-corrected chi connectivity index (χ2v) is 28.9. The number of allylic oxidation sites excluding steroid dienone is 3. The Hall–Kier alpha value is -2.95. The molecule has 4 saturated carbocycles. The molecule has 5 aliphatic carbocycles. The van der Waals surface area contributed by atoms with Crippen molar-refractivity contribution >= 4 is 17.9 Å². The normalized spacial score (nSPS) is 50.4. The molecule has 89 heavy (non-hydrogen) atoms. The molecule has 0 aromatic heterocycles. The number of carbonyl (C=O) groups excluding carboxylic acids is 2. The number of aliphatic hydroxyl groups is 13. The standard InChI is InChI=1S/C62H98O27/c1-12-25(2)53(79)89-50-51(82-27(4)66)62(24-65)29(19-57(50,5)6)28-13-14-34-59(9)17-16-36(58(7,8)33(59)15-18-60(34,10)61(28,11)20-35(62)67)85-56-49(88-55-44(75)41(72)38(69)31(22-64)84-55)47(45(76)48(87-56)52(77)78)80-23-32-46(42(73)39(70)30(21-63)83-32)86-54-43(74)40(71)37(68)26(3)81-54/h12-13,26,29-51,54-56,63-65,67-76H,14-24H2,1-11H3,(H,77,78)/b25-12+/t26-,29-,30+,31+,32-,33-,34+,35+,36-,37-,38+,39-,40+,41-,42-,43+,44+,45-,46-,47-,48-,49+,50-,51-,54-,55-,56+,59-,60+,61+,62-/m0/s1. The van der Waals surface area contributed by atoms with Gasteiger partial charge in [-0.25, -0.2) is 9.59 Å². The quantitative estimate of drug-likeness (QED) is 0.0366. The van der Waals surface area contributed by atoms with E-state index in [2.05, 4.69) is 26.8 Å². The molecule has 0 amide bonds. The van der Waals surface area contributed by atoms with Crippen LogP contribution in [-0.2, 0) is 61.8 Å². The van der Waals surface area contributed by atoms with Gasteiger partial charge in [-0.2, -0.15) is 0 Å². The first-order valence-electron chi connectivity index (χ1n) is 31.3. The van der Waals surface area contributed by atoms with E-state index in [4.69, 9.17) is 47.4 Å². The lowest BCUT2D eigenvalue weighted by molar-refractivity contribution is -0.380. The van der Waals surface area contributed by atoms with Crippen molar-refractivity contribution in [2.24, 2.45) is 50.2 Å². The summed E-state index contributed by atoms with van der Waals surface area (Å²) in [5.41, 5.74) is -3.21. The number of carboxylic acids is 1. The van der Waals surface area contributed by atoms with Crippen molar-refractivity contribution in [1.82, 2.24) is 0 Å². The molecule has 0 aromatic carbocycles. The predicted molar refractivity (Wildman–Crippen MR) is 304 cm³/mol. The zero-order valence-electron chi connectivity index (χ0n) is 52.6. The molecule has 9 rings (SSSR count). The highest BCUT2D eigenvalue weighted by atomic mass is 16.8. The van der Waals surface area contributed by atoms with Gasteiger partial charge in [0.2, 0.25) is 0 Å². The summed E-state index contributed by atoms with van der Waals surface area (Å²) in [6, 6.07) is 0. The molecule has 9 aliphatic rings. The lowest BCUT2D eigenvalue weighted by Gasteiger charge is -2.72. The third-order valence-electron chi connectivity index (χ3n) is 23.3. The average Bonchev–Trinajstić information content (AvgIpc) is 0.679. The van der Waals surface area contributed by atoms with Crippen LogP contribution in [0.15, 0.2) is 23.3 Å². The first-order chi connectivity index (χ1) is 41.6. The molecule has 0 aromatic rings. The van der Waals surface area contributed by atoms with Gasteiger partial charge < -0.3 is 119 Å². The Morgan fingerprint density at radius 1 is 0.629 bits per heavy atom. The molecule has 27 heteroatoms. The Morgan fingerprint density at radius 2 is 1.24 bits per heavy atom. The van der Waals surface area contributed by atoms with E-state index in [9.17, 15) is 85.9 Å². The molecule has 14 N–H and O–H groups in total. The second-order valence-electron chi connectivity index (χ2n) is 28.9. The Morgan fingerprint density at radius 3 is 1.84 bits per heavy atom. The van der Waals surface area contributed by atoms with Crippen LogP contribution in [0.5, 0.6) is 0 Å². The minimum Gasteiger partial charge on any atom is -0.479 e. The molecule has 27 nitrogen and oxygen atoms in total. The summed E-state index contributed by atoms with van der Waals surface area (Å²) < 4.78 is 61.5. The van der Waals surface area contributed by atoms with Gasteiger partial charge in [-0.1, -0.05) is 66.2 Å². The van der Waals surface area contributed by atoms with Crippen LogP contribution < -0.4 is 0 Å². The fourth-order valence-corrected chi connectivity index (χ4v) is 17.9. The number of aliphatic hydroxyl groups excluding tert-OH is 13. The van der Waals surface area contributed by atoms with Crippen LogP contribution in [0.2, 0.25) is 0 Å². The maximum atomic E-state index is 13.5. The highest BCUT2D eigenvalue weighted by Crippen LogP contribution is 2.76. The van der Waals surface area contributed by atoms with Crippen molar-refractivity contribution in [2.75, 3.05) is 26.4 Å². The summed E-state index contributed by atoms with van der Waals surface area (Å²) in [6.07, 6.45) is -32.8. The van der Waals surface area contributed by atoms with Gasteiger partial charge in [0.05, 0.1) is 50.2 Å². The molecule has 4 saturated heterocycles. The van der Waals surface area contributed by atoms with E-state index < -0.39 is 230 Å². The number of hydrogen-bond acceptors (Lipinski definition) is 26. The van der Waals surface area contributed by atoms with Crippen LogP contribution in [-0.4, -0.2) is 263 Å². The number of carbonyl (C=O) groups is 3. The number of carboxylic acid groups (broad SMARTS) is 1. The number of aliphatic carboxylic acids is 1. The third-order valence-corrected chi connectivity index (χ3v) is 23.3. The molecular formula is C62H98O27. The largest absolute Gasteiger partial charge is 0.479 e. The molecule has 508 valence electrons. The number of fused-ring (bicyclic) bond motifs is 7. The highest BCUT2D eigenvalue weighted by Gasteiger charge is 2.74. The third kappa shape index (κ3) is 11.8. The van der Waals surface area contributed by atoms with Crippen LogP contribution >= 0.6 is 0 Å². The van der Waals surface area contributed by atoms with E-state index in [0.29, 0.717) is 44.1 Å². The van der Waals surface area contributed by atoms with Gasteiger partial charge in [-0.05, 0) is 105 Å². The molecule has 31 atom stereocenters. The van der Waals surface area contributed by atoms with E-state index in [1.165, 1.54) is 13.8 Å². The first kappa shape index (κ1) is 70.4. The van der Waals surface area contributed by atoms with Crippen molar-refractivity contribution < 1.29 is 133 Å². The summed E-state index contributed by atoms with van der Waals surface area (Å²) in [7, 11) is 0. The molecule has 0 bridgehead atoms. The molecule has 0 unspecified atom stereocenters. The van der Waals surface area contributed by atoms with Crippen LogP contribution in [0.25, 0.3) is 0 Å². The van der Waals surface area contributed by atoms with Gasteiger partial charge in [-0.15, -0.1) is 0 Å². The fourth-order valence-electron chi connectivity index (χ4n) is 17.9. The maximum absolute atomic E-state index is 13.5. The lowest BCUT2D eigenvalue weighted by atomic mass is 9.33. The van der Waals surface area contributed by atoms with Crippen molar-refractivity contribution in [2.45, 2.75) is 268 Å². The molecular weight excluding hydrogens is 1180 g/mol. The van der Waals surface area contributed by atoms with E-state index in [0.717, 1.165) is 5.57 Å². The SMILES string of the molecule is C/C=C(\C)C(=O)O[C@H]1[C@H](OC(C)=O)[C@]2(CO)[C@H](O)C[C@]3(C)C(=CC[C@@H]4[C@@]5(C)CC[C@H](O[C@@H]6O[C@H](C(=O)O)[C@@H](O)[C@H](OC[C@@H]7O[C@H](CO)[C@H](O)[C@H](O)[C@H]7O[C@@H]7O[C@@H](C)[C@H](O)[C@@H](O)[C@H]7O)[C@H]6O[C@@H]6O[C@H](CO)[C@@H](O)[C@H](O)[C@H]6O)C(C)(C)[C@@H]5CC[C@]43C)[C@@H]2CC1(C)C. The van der Waals surface area contributed by atoms with E-state index >= 15 is 0 Å². The van der Waals surface area contributed by atoms with Crippen molar-refractivity contribution in [1.29, 1.82) is 0 Å². The van der Waals surface area contributed by atoms with Gasteiger partial charge in [-0.3, -0.25) is 4.79 Å². The Bertz CT molecular complexity index is 2600. The van der Waals surface area contributed by atoms with E-state index in [1.807, 2.05) is 27.7 Å². The first-order valence-corrected chi connectivity index (χ1v) is 31.3. The number of ether oxygens (including phenoxy) is 10. The van der Waals surface area contributed by atoms with Crippen molar-refractivity contribution in [3.8, 4) is 0 Å². The van der Waals surface area contributed by atoms with Gasteiger partial charge in [0, 0.05) is 17.9 Å². The topological polar surface area (TPSA) is 427 Å². The summed E-state index contributed by atoms with van der Waals surface area (Å²) in [5, 5.41) is 155. The summed E-state index contributed by atoms with van der Waals surface area (Å²) in [4.78, 5) is 39.7. The van der Waals surface area contributed by atoms with Crippen molar-refractivity contribution in [3.63, 3.8) is 0 Å². The number of esters is 2. The summed E-state index contributed by atoms with van der Waals surface area (Å²) in [6.45, 7) is 17.6. The van der Waals surface area contributed by atoms with E-state index in [1.54, 1.807) is 19.9 Å². The highest BCUT2D eigenvalue weighted by molar-refractivity contribution is 5.87. The van der Waals surface area contributed by atoms with Crippen molar-refractivity contribution in [3.05, 3.63) is 23.3 Å². The number of hydrogen-bond donors (Lipinski definition) is 14. The van der Waals surface area contributed by atoms with Crippen LogP contribution in [0.3, 0.4) is 0 Å². The predicted octanol–water partition coefficient (Wildman–Crippen LogP) is -1.40. The fraction of sp³-hybridized carbons (Fsp3) is 0.887. The molecule has 4 heterocycles. The van der Waals surface area contributed by atoms with Crippen LogP contribution in [0.1, 0.15) is 121 Å². The van der Waals surface area contributed by atoms with E-state index in [-0.39, 0.29) is 18.3 Å². The van der Waals surface area contributed by atoms with Gasteiger partial charge >= 0.3 is 17.9 Å². The molecule has 0 radical (unpaired) electrons. The zero-order chi connectivity index (χ0) is 65.7. The smallest absolute Gasteiger partial charge is 0.335 e. The molecule has 8 fully saturated rings. The van der Waals surface area contributed by atoms with Crippen LogP contribution in [0.4, 0.5) is 0 Å². The minimum absolute atomic E-state index is 0.0136. The van der Waals surface area contributed by atoms with Gasteiger partial charge in [0.15, 0.2) is 25.0 Å². The minimum atomic E-state index is -2.17. The second kappa shape index (κ2) is 26.0. The lowest BCUT2D eigenvalue weighted by Crippen LogP contribution is -2.72. The van der Waals surface area contributed by atoms with Gasteiger partial charge in [0.1, 0.15) is 104 Å². The van der Waals surface area contributed by atoms with Gasteiger partial charge in [0.25, 0.3) is 0 Å². The molecule has 4 aliphatic heterocycles. The summed E-state index contributed by atoms with van der Waals surface area (Å²) in [5.74, 6) is -3.56. The average molecular weight is 1280 g/mol. The summed E-state index contributed by atoms with van der Waals surface area (Å²) >= 11 is 0. The Kier molecular flexibility index (Phi) is 20.5.